The normalized spacial score (nSPS) is 11.1. The van der Waals surface area contributed by atoms with E-state index in [1.165, 1.54) is 30.3 Å². The summed E-state index contributed by atoms with van der Waals surface area (Å²) in [6.45, 7) is 1.87. The lowest BCUT2D eigenvalue weighted by molar-refractivity contribution is 0.102. The predicted molar refractivity (Wildman–Crippen MR) is 113 cm³/mol. The number of benzene rings is 3. The first-order valence-electron chi connectivity index (χ1n) is 8.20. The Labute approximate surface area is 173 Å². The Bertz CT molecular complexity index is 1110. The fourth-order valence-corrected chi connectivity index (χ4v) is 3.87. The maximum absolute atomic E-state index is 12.5. The molecule has 0 saturated carbocycles. The van der Waals surface area contributed by atoms with Crippen molar-refractivity contribution in [2.45, 2.75) is 11.8 Å². The highest BCUT2D eigenvalue weighted by molar-refractivity contribution is 7.92. The summed E-state index contributed by atoms with van der Waals surface area (Å²) in [6.07, 6.45) is 0. The predicted octanol–water partition coefficient (Wildman–Crippen LogP) is 5.35. The summed E-state index contributed by atoms with van der Waals surface area (Å²) in [4.78, 5) is 12.5. The lowest BCUT2D eigenvalue weighted by Gasteiger charge is -2.11. The monoisotopic (exact) mass is 434 g/mol. The molecule has 3 aromatic carbocycles. The Hall–Kier alpha value is -2.54. The minimum Gasteiger partial charge on any atom is -0.322 e. The van der Waals surface area contributed by atoms with E-state index in [0.29, 0.717) is 10.7 Å². The van der Waals surface area contributed by atoms with E-state index in [-0.39, 0.29) is 21.2 Å². The van der Waals surface area contributed by atoms with E-state index in [9.17, 15) is 13.2 Å². The fraction of sp³-hybridized carbons (Fsp3) is 0.0500. The van der Waals surface area contributed by atoms with Crippen LogP contribution in [0.2, 0.25) is 10.0 Å². The number of carbonyl (C=O) groups excluding carboxylic acids is 1. The van der Waals surface area contributed by atoms with Crippen molar-refractivity contribution in [3.05, 3.63) is 87.9 Å². The van der Waals surface area contributed by atoms with Gasteiger partial charge in [0.15, 0.2) is 0 Å². The molecule has 0 aromatic heterocycles. The summed E-state index contributed by atoms with van der Waals surface area (Å²) in [5.41, 5.74) is 2.00. The van der Waals surface area contributed by atoms with Gasteiger partial charge in [0.2, 0.25) is 0 Å². The molecule has 0 fully saturated rings. The summed E-state index contributed by atoms with van der Waals surface area (Å²) in [7, 11) is -3.75. The number of rotatable bonds is 5. The third-order valence-corrected chi connectivity index (χ3v) is 5.86. The summed E-state index contributed by atoms with van der Waals surface area (Å²) in [6, 6.07) is 17.4. The van der Waals surface area contributed by atoms with Gasteiger partial charge in [-0.1, -0.05) is 40.9 Å². The minimum atomic E-state index is -3.75. The van der Waals surface area contributed by atoms with Crippen molar-refractivity contribution < 1.29 is 13.2 Å². The second kappa shape index (κ2) is 8.22. The minimum absolute atomic E-state index is 0.121. The number of anilines is 2. The third-order valence-electron chi connectivity index (χ3n) is 3.90. The summed E-state index contributed by atoms with van der Waals surface area (Å²) >= 11 is 12.0. The van der Waals surface area contributed by atoms with Crippen LogP contribution in [0, 0.1) is 6.92 Å². The molecule has 0 aliphatic rings. The topological polar surface area (TPSA) is 75.3 Å². The molecule has 28 heavy (non-hydrogen) atoms. The smallest absolute Gasteiger partial charge is 0.261 e. The zero-order valence-corrected chi connectivity index (χ0v) is 17.1. The lowest BCUT2D eigenvalue weighted by Crippen LogP contribution is -2.15. The van der Waals surface area contributed by atoms with Gasteiger partial charge in [-0.05, 0) is 61.5 Å². The Morgan fingerprint density at radius 2 is 1.46 bits per heavy atom. The van der Waals surface area contributed by atoms with Crippen molar-refractivity contribution in [1.82, 2.24) is 0 Å². The van der Waals surface area contributed by atoms with Crippen molar-refractivity contribution >= 4 is 50.5 Å². The van der Waals surface area contributed by atoms with Gasteiger partial charge in [0.05, 0.1) is 21.2 Å². The van der Waals surface area contributed by atoms with Gasteiger partial charge in [-0.3, -0.25) is 9.52 Å². The maximum Gasteiger partial charge on any atom is 0.261 e. The first-order chi connectivity index (χ1) is 13.2. The van der Waals surface area contributed by atoms with Crippen LogP contribution in [0.15, 0.2) is 71.6 Å². The Balaban J connectivity index is 1.77. The van der Waals surface area contributed by atoms with Crippen LogP contribution in [0.25, 0.3) is 0 Å². The molecule has 5 nitrogen and oxygen atoms in total. The van der Waals surface area contributed by atoms with Crippen LogP contribution in [-0.2, 0) is 10.0 Å². The van der Waals surface area contributed by atoms with Crippen molar-refractivity contribution in [3.63, 3.8) is 0 Å². The first kappa shape index (κ1) is 20.2. The molecule has 0 saturated heterocycles. The van der Waals surface area contributed by atoms with E-state index in [0.717, 1.165) is 5.56 Å². The molecule has 0 radical (unpaired) electrons. The van der Waals surface area contributed by atoms with Crippen molar-refractivity contribution in [1.29, 1.82) is 0 Å². The average molecular weight is 435 g/mol. The van der Waals surface area contributed by atoms with Gasteiger partial charge >= 0.3 is 0 Å². The SMILES string of the molecule is Cc1ccc(S(=O)(=O)Nc2ccc(C(=O)Nc3ccc(Cl)cc3)c(Cl)c2)cc1. The number of sulfonamides is 1. The van der Waals surface area contributed by atoms with Gasteiger partial charge in [0.25, 0.3) is 15.9 Å². The summed E-state index contributed by atoms with van der Waals surface area (Å²) in [5, 5.41) is 3.38. The van der Waals surface area contributed by atoms with Crippen molar-refractivity contribution in [2.24, 2.45) is 0 Å². The van der Waals surface area contributed by atoms with E-state index in [1.807, 2.05) is 6.92 Å². The van der Waals surface area contributed by atoms with Gasteiger partial charge in [0, 0.05) is 10.7 Å². The molecule has 1 amide bonds. The Morgan fingerprint density at radius 3 is 2.07 bits per heavy atom. The van der Waals surface area contributed by atoms with Crippen LogP contribution in [0.5, 0.6) is 0 Å². The van der Waals surface area contributed by atoms with Crippen molar-refractivity contribution in [2.75, 3.05) is 10.0 Å². The van der Waals surface area contributed by atoms with E-state index in [4.69, 9.17) is 23.2 Å². The Morgan fingerprint density at radius 1 is 0.857 bits per heavy atom. The highest BCUT2D eigenvalue weighted by Crippen LogP contribution is 2.24. The Kier molecular flexibility index (Phi) is 5.93. The van der Waals surface area contributed by atoms with Crippen molar-refractivity contribution in [3.8, 4) is 0 Å². The van der Waals surface area contributed by atoms with Gasteiger partial charge in [-0.25, -0.2) is 8.42 Å². The molecular weight excluding hydrogens is 419 g/mol. The second-order valence-corrected chi connectivity index (χ2v) is 8.60. The van der Waals surface area contributed by atoms with Gasteiger partial charge in [-0.2, -0.15) is 0 Å². The second-order valence-electron chi connectivity index (χ2n) is 6.07. The number of hydrogen-bond donors (Lipinski definition) is 2. The molecule has 8 heteroatoms. The molecule has 144 valence electrons. The van der Waals surface area contributed by atoms with Gasteiger partial charge in [-0.15, -0.1) is 0 Å². The number of aryl methyl sites for hydroxylation is 1. The molecule has 0 heterocycles. The molecule has 0 unspecified atom stereocenters. The maximum atomic E-state index is 12.5. The molecule has 0 spiro atoms. The molecule has 2 N–H and O–H groups in total. The highest BCUT2D eigenvalue weighted by Gasteiger charge is 2.16. The van der Waals surface area contributed by atoms with Crippen LogP contribution in [0.3, 0.4) is 0 Å². The van der Waals surface area contributed by atoms with Crippen LogP contribution >= 0.6 is 23.2 Å². The zero-order valence-electron chi connectivity index (χ0n) is 14.7. The van der Waals surface area contributed by atoms with Crippen LogP contribution in [0.4, 0.5) is 11.4 Å². The first-order valence-corrected chi connectivity index (χ1v) is 10.4. The van der Waals surface area contributed by atoms with Crippen LogP contribution in [-0.4, -0.2) is 14.3 Å². The van der Waals surface area contributed by atoms with E-state index in [1.54, 1.807) is 36.4 Å². The number of nitrogens with one attached hydrogen (secondary N) is 2. The molecule has 3 rings (SSSR count). The van der Waals surface area contributed by atoms with Gasteiger partial charge in [0.1, 0.15) is 0 Å². The molecule has 0 aliphatic heterocycles. The van der Waals surface area contributed by atoms with Gasteiger partial charge < -0.3 is 5.32 Å². The third kappa shape index (κ3) is 4.84. The molecule has 0 aliphatic carbocycles. The summed E-state index contributed by atoms with van der Waals surface area (Å²) in [5.74, 6) is -0.416. The number of hydrogen-bond acceptors (Lipinski definition) is 3. The molecule has 3 aromatic rings. The molecule has 0 bridgehead atoms. The summed E-state index contributed by atoms with van der Waals surface area (Å²) < 4.78 is 27.4. The zero-order chi connectivity index (χ0) is 20.3. The standard InChI is InChI=1S/C20H16Cl2N2O3S/c1-13-2-9-17(10-3-13)28(26,27)24-16-8-11-18(19(22)12-16)20(25)23-15-6-4-14(21)5-7-15/h2-12,24H,1H3,(H,23,25). The van der Waals surface area contributed by atoms with E-state index in [2.05, 4.69) is 10.0 Å². The fourth-order valence-electron chi connectivity index (χ4n) is 2.43. The highest BCUT2D eigenvalue weighted by atomic mass is 35.5. The lowest BCUT2D eigenvalue weighted by atomic mass is 10.2. The van der Waals surface area contributed by atoms with Crippen LogP contribution < -0.4 is 10.0 Å². The number of amides is 1. The number of carbonyl (C=O) groups is 1. The molecular formula is C20H16Cl2N2O3S. The molecule has 0 atom stereocenters. The van der Waals surface area contributed by atoms with Crippen LogP contribution in [0.1, 0.15) is 15.9 Å². The average Bonchev–Trinajstić information content (AvgIpc) is 2.63. The van der Waals surface area contributed by atoms with E-state index < -0.39 is 15.9 Å². The van der Waals surface area contributed by atoms with E-state index >= 15 is 0 Å². The largest absolute Gasteiger partial charge is 0.322 e. The number of halogens is 2. The quantitative estimate of drug-likeness (QED) is 0.567.